The van der Waals surface area contributed by atoms with E-state index in [-0.39, 0.29) is 17.9 Å². The lowest BCUT2D eigenvalue weighted by molar-refractivity contribution is 0.465. The van der Waals surface area contributed by atoms with Gasteiger partial charge in [-0.2, -0.15) is 0 Å². The average molecular weight is 290 g/mol. The SMILES string of the molecule is C[C@@H](NC1CCc2c(F)cccc21)c1cccc(Cl)c1. The molecular weight excluding hydrogens is 273 g/mol. The molecule has 1 unspecified atom stereocenters. The molecule has 0 heterocycles. The summed E-state index contributed by atoms with van der Waals surface area (Å²) in [5.74, 6) is -0.0813. The topological polar surface area (TPSA) is 12.0 Å². The highest BCUT2D eigenvalue weighted by molar-refractivity contribution is 6.30. The number of hydrogen-bond acceptors (Lipinski definition) is 1. The summed E-state index contributed by atoms with van der Waals surface area (Å²) in [7, 11) is 0. The summed E-state index contributed by atoms with van der Waals surface area (Å²) < 4.78 is 13.7. The van der Waals surface area contributed by atoms with Crippen molar-refractivity contribution in [1.82, 2.24) is 5.32 Å². The summed E-state index contributed by atoms with van der Waals surface area (Å²) in [6.45, 7) is 2.11. The zero-order valence-corrected chi connectivity index (χ0v) is 12.1. The minimum atomic E-state index is -0.0813. The summed E-state index contributed by atoms with van der Waals surface area (Å²) in [6, 6.07) is 13.6. The van der Waals surface area contributed by atoms with Crippen LogP contribution >= 0.6 is 11.6 Å². The summed E-state index contributed by atoms with van der Waals surface area (Å²) in [4.78, 5) is 0. The normalized spacial score (nSPS) is 18.9. The molecule has 1 aliphatic carbocycles. The van der Waals surface area contributed by atoms with E-state index in [2.05, 4.69) is 18.3 Å². The Balaban J connectivity index is 1.79. The van der Waals surface area contributed by atoms with E-state index in [1.807, 2.05) is 24.3 Å². The van der Waals surface area contributed by atoms with Crippen molar-refractivity contribution >= 4 is 11.6 Å². The van der Waals surface area contributed by atoms with Gasteiger partial charge in [0, 0.05) is 17.1 Å². The van der Waals surface area contributed by atoms with Gasteiger partial charge in [0.1, 0.15) is 5.82 Å². The van der Waals surface area contributed by atoms with Crippen LogP contribution in [0.1, 0.15) is 42.1 Å². The molecule has 1 nitrogen and oxygen atoms in total. The molecule has 0 radical (unpaired) electrons. The monoisotopic (exact) mass is 289 g/mol. The first-order valence-corrected chi connectivity index (χ1v) is 7.32. The lowest BCUT2D eigenvalue weighted by atomic mass is 10.0. The van der Waals surface area contributed by atoms with Crippen LogP contribution in [0.2, 0.25) is 5.02 Å². The van der Waals surface area contributed by atoms with Crippen molar-refractivity contribution in [3.63, 3.8) is 0 Å². The Bertz CT molecular complexity index is 626. The first-order chi connectivity index (χ1) is 9.65. The van der Waals surface area contributed by atoms with Gasteiger partial charge in [0.05, 0.1) is 0 Å². The van der Waals surface area contributed by atoms with Crippen molar-refractivity contribution in [2.75, 3.05) is 0 Å². The van der Waals surface area contributed by atoms with Gasteiger partial charge in [-0.15, -0.1) is 0 Å². The second-order valence-electron chi connectivity index (χ2n) is 5.34. The molecule has 0 saturated heterocycles. The second-order valence-corrected chi connectivity index (χ2v) is 5.78. The largest absolute Gasteiger partial charge is 0.303 e. The van der Waals surface area contributed by atoms with E-state index in [0.717, 1.165) is 34.6 Å². The van der Waals surface area contributed by atoms with E-state index in [1.165, 1.54) is 0 Å². The molecule has 0 saturated carbocycles. The number of hydrogen-bond donors (Lipinski definition) is 1. The van der Waals surface area contributed by atoms with Gasteiger partial charge in [0.15, 0.2) is 0 Å². The molecule has 20 heavy (non-hydrogen) atoms. The third-order valence-corrected chi connectivity index (χ3v) is 4.25. The van der Waals surface area contributed by atoms with Gasteiger partial charge in [-0.3, -0.25) is 0 Å². The third kappa shape index (κ3) is 2.58. The number of fused-ring (bicyclic) bond motifs is 1. The zero-order chi connectivity index (χ0) is 14.1. The van der Waals surface area contributed by atoms with Gasteiger partial charge >= 0.3 is 0 Å². The van der Waals surface area contributed by atoms with E-state index in [9.17, 15) is 4.39 Å². The van der Waals surface area contributed by atoms with E-state index in [1.54, 1.807) is 12.1 Å². The summed E-state index contributed by atoms with van der Waals surface area (Å²) >= 11 is 6.03. The Morgan fingerprint density at radius 2 is 2.05 bits per heavy atom. The fraction of sp³-hybridized carbons (Fsp3) is 0.294. The van der Waals surface area contributed by atoms with Crippen molar-refractivity contribution in [1.29, 1.82) is 0 Å². The van der Waals surface area contributed by atoms with Gasteiger partial charge in [-0.1, -0.05) is 35.9 Å². The molecule has 1 aliphatic rings. The Hall–Kier alpha value is -1.38. The number of benzene rings is 2. The molecule has 0 bridgehead atoms. The highest BCUT2D eigenvalue weighted by Crippen LogP contribution is 2.34. The van der Waals surface area contributed by atoms with Gasteiger partial charge < -0.3 is 5.32 Å². The smallest absolute Gasteiger partial charge is 0.126 e. The minimum absolute atomic E-state index is 0.0813. The average Bonchev–Trinajstić information content (AvgIpc) is 2.83. The lowest BCUT2D eigenvalue weighted by Gasteiger charge is -2.21. The van der Waals surface area contributed by atoms with Crippen LogP contribution in [0.4, 0.5) is 4.39 Å². The maximum atomic E-state index is 13.7. The first kappa shape index (κ1) is 13.6. The van der Waals surface area contributed by atoms with Gasteiger partial charge in [0.25, 0.3) is 0 Å². The van der Waals surface area contributed by atoms with Crippen LogP contribution in [0.25, 0.3) is 0 Å². The third-order valence-electron chi connectivity index (χ3n) is 4.01. The molecule has 0 fully saturated rings. The molecular formula is C17H17ClFN. The van der Waals surface area contributed by atoms with E-state index < -0.39 is 0 Å². The van der Waals surface area contributed by atoms with E-state index in [4.69, 9.17) is 11.6 Å². The van der Waals surface area contributed by atoms with Crippen molar-refractivity contribution in [2.45, 2.75) is 31.8 Å². The summed E-state index contributed by atoms with van der Waals surface area (Å²) in [5.41, 5.74) is 3.12. The standard InChI is InChI=1S/C17H17ClFN/c1-11(12-4-2-5-13(18)10-12)20-17-9-8-14-15(17)6-3-7-16(14)19/h2-7,10-11,17,20H,8-9H2,1H3/t11-,17?/m1/s1. The van der Waals surface area contributed by atoms with Crippen LogP contribution < -0.4 is 5.32 Å². The molecule has 104 valence electrons. The van der Waals surface area contributed by atoms with Gasteiger partial charge in [-0.05, 0) is 54.7 Å². The highest BCUT2D eigenvalue weighted by Gasteiger charge is 2.25. The van der Waals surface area contributed by atoms with Crippen molar-refractivity contribution in [3.05, 3.63) is 70.0 Å². The molecule has 0 aromatic heterocycles. The first-order valence-electron chi connectivity index (χ1n) is 6.94. The molecule has 1 N–H and O–H groups in total. The Morgan fingerprint density at radius 3 is 2.85 bits per heavy atom. The molecule has 2 atom stereocenters. The fourth-order valence-electron chi connectivity index (χ4n) is 2.96. The number of halogens is 2. The minimum Gasteiger partial charge on any atom is -0.303 e. The molecule has 0 amide bonds. The number of rotatable bonds is 3. The van der Waals surface area contributed by atoms with Crippen molar-refractivity contribution < 1.29 is 4.39 Å². The van der Waals surface area contributed by atoms with Crippen LogP contribution in [0.5, 0.6) is 0 Å². The van der Waals surface area contributed by atoms with Crippen LogP contribution in [0.15, 0.2) is 42.5 Å². The van der Waals surface area contributed by atoms with Crippen LogP contribution in [-0.2, 0) is 6.42 Å². The Labute approximate surface area is 123 Å². The van der Waals surface area contributed by atoms with Gasteiger partial charge in [-0.25, -0.2) is 4.39 Å². The molecule has 0 aliphatic heterocycles. The predicted octanol–water partition coefficient (Wildman–Crippen LogP) is 4.82. The van der Waals surface area contributed by atoms with Crippen LogP contribution in [0.3, 0.4) is 0 Å². The maximum Gasteiger partial charge on any atom is 0.126 e. The number of nitrogens with one attached hydrogen (secondary N) is 1. The molecule has 3 heteroatoms. The molecule has 2 aromatic carbocycles. The molecule has 2 aromatic rings. The predicted molar refractivity (Wildman–Crippen MR) is 80.5 cm³/mol. The quantitative estimate of drug-likeness (QED) is 0.854. The molecule has 3 rings (SSSR count). The van der Waals surface area contributed by atoms with Crippen molar-refractivity contribution in [3.8, 4) is 0 Å². The maximum absolute atomic E-state index is 13.7. The summed E-state index contributed by atoms with van der Waals surface area (Å²) in [6.07, 6.45) is 1.75. The van der Waals surface area contributed by atoms with Gasteiger partial charge in [0.2, 0.25) is 0 Å². The summed E-state index contributed by atoms with van der Waals surface area (Å²) in [5, 5.41) is 4.32. The fourth-order valence-corrected chi connectivity index (χ4v) is 3.16. The Kier molecular flexibility index (Phi) is 3.77. The van der Waals surface area contributed by atoms with Crippen LogP contribution in [-0.4, -0.2) is 0 Å². The van der Waals surface area contributed by atoms with Crippen molar-refractivity contribution in [2.24, 2.45) is 0 Å². The zero-order valence-electron chi connectivity index (χ0n) is 11.4. The molecule has 0 spiro atoms. The highest BCUT2D eigenvalue weighted by atomic mass is 35.5. The Morgan fingerprint density at radius 1 is 1.25 bits per heavy atom. The van der Waals surface area contributed by atoms with E-state index in [0.29, 0.717) is 0 Å². The van der Waals surface area contributed by atoms with E-state index >= 15 is 0 Å². The second kappa shape index (κ2) is 5.55. The lowest BCUT2D eigenvalue weighted by Crippen LogP contribution is -2.23. The van der Waals surface area contributed by atoms with Crippen LogP contribution in [0, 0.1) is 5.82 Å².